The summed E-state index contributed by atoms with van der Waals surface area (Å²) in [7, 11) is 0. The van der Waals surface area contributed by atoms with Gasteiger partial charge in [0, 0.05) is 17.8 Å². The molecule has 0 radical (unpaired) electrons. The molecule has 7 nitrogen and oxygen atoms in total. The van der Waals surface area contributed by atoms with Crippen LogP contribution in [0.25, 0.3) is 16.8 Å². The Bertz CT molecular complexity index is 1480. The lowest BCUT2D eigenvalue weighted by Crippen LogP contribution is -2.14. The van der Waals surface area contributed by atoms with Crippen molar-refractivity contribution in [3.8, 4) is 11.8 Å². The van der Waals surface area contributed by atoms with Crippen LogP contribution in [-0.4, -0.2) is 10.8 Å². The van der Waals surface area contributed by atoms with E-state index in [0.29, 0.717) is 29.2 Å². The highest BCUT2D eigenvalue weighted by molar-refractivity contribution is 6.10. The first kappa shape index (κ1) is 23.2. The fourth-order valence-electron chi connectivity index (χ4n) is 3.65. The molecule has 35 heavy (non-hydrogen) atoms. The van der Waals surface area contributed by atoms with Gasteiger partial charge >= 0.3 is 0 Å². The second-order valence-electron chi connectivity index (χ2n) is 7.88. The van der Waals surface area contributed by atoms with Crippen LogP contribution in [0, 0.1) is 28.4 Å². The summed E-state index contributed by atoms with van der Waals surface area (Å²) in [5.41, 5.74) is 2.51. The number of carbonyl (C=O) groups excluding carboxylic acids is 1. The number of hydrogen-bond donors (Lipinski definition) is 1. The molecule has 0 heterocycles. The SMILES string of the molecule is Cc1cc([N+](=O)[O-])ccc1NC(=O)C(C#N)=Cc1ccc(OCc2cccc3ccccc23)cc1. The molecule has 4 aromatic rings. The van der Waals surface area contributed by atoms with E-state index in [9.17, 15) is 20.2 Å². The first-order valence-electron chi connectivity index (χ1n) is 10.8. The van der Waals surface area contributed by atoms with Crippen molar-refractivity contribution in [3.63, 3.8) is 0 Å². The highest BCUT2D eigenvalue weighted by Crippen LogP contribution is 2.23. The summed E-state index contributed by atoms with van der Waals surface area (Å²) < 4.78 is 5.94. The summed E-state index contributed by atoms with van der Waals surface area (Å²) in [6.45, 7) is 2.06. The molecular weight excluding hydrogens is 442 g/mol. The number of aryl methyl sites for hydroxylation is 1. The smallest absolute Gasteiger partial charge is 0.269 e. The van der Waals surface area contributed by atoms with Crippen LogP contribution in [0.2, 0.25) is 0 Å². The van der Waals surface area contributed by atoms with Gasteiger partial charge in [-0.15, -0.1) is 0 Å². The molecule has 7 heteroatoms. The number of anilines is 1. The van der Waals surface area contributed by atoms with E-state index in [1.807, 2.05) is 30.3 Å². The molecule has 0 saturated heterocycles. The van der Waals surface area contributed by atoms with E-state index in [2.05, 4.69) is 23.5 Å². The van der Waals surface area contributed by atoms with Gasteiger partial charge in [-0.1, -0.05) is 54.6 Å². The number of nitriles is 1. The van der Waals surface area contributed by atoms with Crippen molar-refractivity contribution in [2.75, 3.05) is 5.32 Å². The van der Waals surface area contributed by atoms with E-state index in [1.165, 1.54) is 24.3 Å². The molecule has 4 aromatic carbocycles. The van der Waals surface area contributed by atoms with Crippen molar-refractivity contribution in [2.24, 2.45) is 0 Å². The Hall–Kier alpha value is -4.96. The lowest BCUT2D eigenvalue weighted by Gasteiger charge is -2.10. The molecule has 0 unspecified atom stereocenters. The van der Waals surface area contributed by atoms with E-state index in [0.717, 1.165) is 16.3 Å². The molecule has 0 fully saturated rings. The number of carbonyl (C=O) groups is 1. The number of fused-ring (bicyclic) bond motifs is 1. The minimum Gasteiger partial charge on any atom is -0.489 e. The van der Waals surface area contributed by atoms with Gasteiger partial charge in [0.2, 0.25) is 0 Å². The van der Waals surface area contributed by atoms with Crippen LogP contribution in [0.4, 0.5) is 11.4 Å². The fraction of sp³-hybridized carbons (Fsp3) is 0.0714. The van der Waals surface area contributed by atoms with Crippen LogP contribution in [-0.2, 0) is 11.4 Å². The lowest BCUT2D eigenvalue weighted by atomic mass is 10.1. The molecule has 0 aliphatic rings. The number of nitro benzene ring substituents is 1. The zero-order valence-electron chi connectivity index (χ0n) is 18.9. The van der Waals surface area contributed by atoms with E-state index in [1.54, 1.807) is 31.2 Å². The molecule has 172 valence electrons. The Morgan fingerprint density at radius 1 is 1.06 bits per heavy atom. The standard InChI is InChI=1S/C28H21N3O4/c1-19-15-24(31(33)34)11-14-27(19)30-28(32)23(17-29)16-20-9-12-25(13-10-20)35-18-22-7-4-6-21-5-2-3-8-26(21)22/h2-16H,18H2,1H3,(H,30,32). The molecule has 0 atom stereocenters. The number of ether oxygens (including phenoxy) is 1. The Labute approximate surface area is 202 Å². The number of nitrogens with zero attached hydrogens (tertiary/aromatic N) is 2. The minimum atomic E-state index is -0.597. The second-order valence-corrected chi connectivity index (χ2v) is 7.88. The second kappa shape index (κ2) is 10.3. The number of amides is 1. The van der Waals surface area contributed by atoms with Gasteiger partial charge in [-0.05, 0) is 58.7 Å². The number of benzene rings is 4. The Morgan fingerprint density at radius 2 is 1.80 bits per heavy atom. The topological polar surface area (TPSA) is 105 Å². The average molecular weight is 463 g/mol. The molecule has 1 N–H and O–H groups in total. The summed E-state index contributed by atoms with van der Waals surface area (Å²) >= 11 is 0. The fourth-order valence-corrected chi connectivity index (χ4v) is 3.65. The molecule has 0 aliphatic heterocycles. The van der Waals surface area contributed by atoms with Crippen molar-refractivity contribution in [1.29, 1.82) is 5.26 Å². The molecule has 0 aromatic heterocycles. The third kappa shape index (κ3) is 5.52. The highest BCUT2D eigenvalue weighted by Gasteiger charge is 2.13. The highest BCUT2D eigenvalue weighted by atomic mass is 16.6. The van der Waals surface area contributed by atoms with Crippen molar-refractivity contribution < 1.29 is 14.5 Å². The molecule has 4 rings (SSSR count). The normalized spacial score (nSPS) is 11.0. The number of rotatable bonds is 7. The Morgan fingerprint density at radius 3 is 2.51 bits per heavy atom. The number of hydrogen-bond acceptors (Lipinski definition) is 5. The summed E-state index contributed by atoms with van der Waals surface area (Å²) in [4.78, 5) is 23.0. The van der Waals surface area contributed by atoms with Crippen molar-refractivity contribution in [1.82, 2.24) is 0 Å². The number of non-ortho nitro benzene ring substituents is 1. The average Bonchev–Trinajstić information content (AvgIpc) is 2.87. The summed E-state index contributed by atoms with van der Waals surface area (Å²) in [5, 5.41) is 25.3. The largest absolute Gasteiger partial charge is 0.489 e. The molecule has 1 amide bonds. The molecule has 0 bridgehead atoms. The minimum absolute atomic E-state index is 0.0701. The molecular formula is C28H21N3O4. The maximum Gasteiger partial charge on any atom is 0.269 e. The van der Waals surface area contributed by atoms with E-state index in [4.69, 9.17) is 4.74 Å². The lowest BCUT2D eigenvalue weighted by molar-refractivity contribution is -0.384. The predicted octanol–water partition coefficient (Wildman–Crippen LogP) is 6.18. The van der Waals surface area contributed by atoms with Crippen LogP contribution < -0.4 is 10.1 Å². The van der Waals surface area contributed by atoms with Gasteiger partial charge < -0.3 is 10.1 Å². The monoisotopic (exact) mass is 463 g/mol. The maximum absolute atomic E-state index is 12.6. The quantitative estimate of drug-likeness (QED) is 0.152. The Balaban J connectivity index is 1.43. The van der Waals surface area contributed by atoms with Crippen molar-refractivity contribution in [3.05, 3.63) is 117 Å². The van der Waals surface area contributed by atoms with Crippen LogP contribution >= 0.6 is 0 Å². The summed E-state index contributed by atoms with van der Waals surface area (Å²) in [6, 6.07) is 27.3. The molecule has 0 spiro atoms. The van der Waals surface area contributed by atoms with E-state index in [-0.39, 0.29) is 11.3 Å². The number of nitrogens with one attached hydrogen (secondary N) is 1. The maximum atomic E-state index is 12.6. The van der Waals surface area contributed by atoms with E-state index < -0.39 is 10.8 Å². The van der Waals surface area contributed by atoms with Gasteiger partial charge in [-0.2, -0.15) is 5.26 Å². The zero-order chi connectivity index (χ0) is 24.8. The predicted molar refractivity (Wildman–Crippen MR) is 135 cm³/mol. The summed E-state index contributed by atoms with van der Waals surface area (Å²) in [5.74, 6) is 0.0697. The zero-order valence-corrected chi connectivity index (χ0v) is 18.9. The third-order valence-electron chi connectivity index (χ3n) is 5.50. The van der Waals surface area contributed by atoms with Crippen LogP contribution in [0.5, 0.6) is 5.75 Å². The summed E-state index contributed by atoms with van der Waals surface area (Å²) in [6.07, 6.45) is 1.48. The van der Waals surface area contributed by atoms with Crippen LogP contribution in [0.1, 0.15) is 16.7 Å². The first-order chi connectivity index (χ1) is 16.9. The van der Waals surface area contributed by atoms with Gasteiger partial charge in [0.25, 0.3) is 11.6 Å². The van der Waals surface area contributed by atoms with Crippen molar-refractivity contribution >= 4 is 34.1 Å². The van der Waals surface area contributed by atoms with Gasteiger partial charge in [-0.3, -0.25) is 14.9 Å². The number of nitro groups is 1. The molecule has 0 saturated carbocycles. The van der Waals surface area contributed by atoms with Gasteiger partial charge in [-0.25, -0.2) is 0 Å². The van der Waals surface area contributed by atoms with Gasteiger partial charge in [0.1, 0.15) is 24.0 Å². The van der Waals surface area contributed by atoms with Gasteiger partial charge in [0.15, 0.2) is 0 Å². The first-order valence-corrected chi connectivity index (χ1v) is 10.8. The van der Waals surface area contributed by atoms with E-state index >= 15 is 0 Å². The van der Waals surface area contributed by atoms with Gasteiger partial charge in [0.05, 0.1) is 4.92 Å². The van der Waals surface area contributed by atoms with Crippen LogP contribution in [0.3, 0.4) is 0 Å². The van der Waals surface area contributed by atoms with Crippen molar-refractivity contribution in [2.45, 2.75) is 13.5 Å². The molecule has 0 aliphatic carbocycles. The third-order valence-corrected chi connectivity index (χ3v) is 5.50. The van der Waals surface area contributed by atoms with Crippen LogP contribution in [0.15, 0.2) is 90.5 Å². The Kier molecular flexibility index (Phi) is 6.84.